The molecule has 5 rings (SSSR count). The molecular weight excluding hydrogens is 627 g/mol. The second-order valence-corrected chi connectivity index (χ2v) is 13.4. The lowest BCUT2D eigenvalue weighted by Crippen LogP contribution is -2.44. The van der Waals surface area contributed by atoms with Gasteiger partial charge in [0.2, 0.25) is 11.7 Å². The van der Waals surface area contributed by atoms with Gasteiger partial charge in [0.25, 0.3) is 15.9 Å². The number of carbonyl (C=O) groups excluding carboxylic acids is 2. The van der Waals surface area contributed by atoms with E-state index in [1.54, 1.807) is 25.1 Å². The molecule has 1 saturated heterocycles. The van der Waals surface area contributed by atoms with E-state index >= 15 is 0 Å². The highest BCUT2D eigenvalue weighted by Crippen LogP contribution is 2.45. The van der Waals surface area contributed by atoms with Gasteiger partial charge in [-0.15, -0.1) is 6.42 Å². The Morgan fingerprint density at radius 3 is 2.36 bits per heavy atom. The molecule has 0 unspecified atom stereocenters. The topological polar surface area (TPSA) is 92.6 Å². The smallest absolute Gasteiger partial charge is 0.260 e. The fraction of sp³-hybridized carbons (Fsp3) is 0.296. The number of fused-ring (bicyclic) bond motifs is 1. The summed E-state index contributed by atoms with van der Waals surface area (Å²) in [7, 11) is -4.08. The predicted molar refractivity (Wildman–Crippen MR) is 153 cm³/mol. The van der Waals surface area contributed by atoms with Crippen molar-refractivity contribution in [2.45, 2.75) is 36.8 Å². The molecule has 1 fully saturated rings. The van der Waals surface area contributed by atoms with Crippen molar-refractivity contribution < 1.29 is 18.0 Å². The van der Waals surface area contributed by atoms with Crippen LogP contribution in [-0.4, -0.2) is 47.1 Å². The van der Waals surface area contributed by atoms with Crippen molar-refractivity contribution in [3.05, 3.63) is 68.7 Å². The molecule has 3 heterocycles. The minimum Gasteiger partial charge on any atom is -0.285 e. The third-order valence-corrected chi connectivity index (χ3v) is 10.0. The third kappa shape index (κ3) is 4.92. The first-order chi connectivity index (χ1) is 18.5. The summed E-state index contributed by atoms with van der Waals surface area (Å²) in [6, 6.07) is 12.2. The van der Waals surface area contributed by atoms with Gasteiger partial charge < -0.3 is 0 Å². The number of halogens is 3. The van der Waals surface area contributed by atoms with Crippen LogP contribution in [0.4, 0.5) is 11.6 Å². The van der Waals surface area contributed by atoms with Crippen LogP contribution in [0.15, 0.2) is 58.2 Å². The molecule has 2 aromatic carbocycles. The largest absolute Gasteiger partial charge is 0.285 e. The molecule has 202 valence electrons. The number of terminal acetylenes is 1. The highest BCUT2D eigenvalue weighted by molar-refractivity contribution is 9.10. The van der Waals surface area contributed by atoms with E-state index in [0.717, 1.165) is 10.0 Å². The number of anilines is 2. The summed E-state index contributed by atoms with van der Waals surface area (Å²) in [6.07, 6.45) is 7.38. The standard InChI is InChI=1S/C27H23BrCl2N4O4S/c1-3-23(35)18-8-10-32(11-9-18)39(37,38)24-16-31-26-33(22-13-20(29)12-21(30)14-22)25(36)27(2,34(24)26)15-17-4-6-19(28)7-5-17/h1,4-7,12-14,16,18H,8-11,15H2,2H3/t27-/m1/s1. The number of rotatable bonds is 6. The first-order valence-corrected chi connectivity index (χ1v) is 15.1. The number of amides is 1. The number of piperidine rings is 1. The van der Waals surface area contributed by atoms with Gasteiger partial charge in [-0.1, -0.05) is 51.3 Å². The number of nitrogens with zero attached hydrogens (tertiary/aromatic N) is 4. The number of sulfonamides is 1. The van der Waals surface area contributed by atoms with Crippen LogP contribution in [0.2, 0.25) is 10.0 Å². The Hall–Kier alpha value is -2.68. The van der Waals surface area contributed by atoms with E-state index < -0.39 is 15.6 Å². The van der Waals surface area contributed by atoms with Crippen molar-refractivity contribution in [2.75, 3.05) is 18.0 Å². The van der Waals surface area contributed by atoms with E-state index in [0.29, 0.717) is 28.6 Å². The van der Waals surface area contributed by atoms with Gasteiger partial charge in [-0.05, 0) is 61.6 Å². The molecular formula is C27H23BrCl2N4O4S. The van der Waals surface area contributed by atoms with Gasteiger partial charge in [-0.3, -0.25) is 14.2 Å². The number of hydrogen-bond acceptors (Lipinski definition) is 5. The zero-order valence-corrected chi connectivity index (χ0v) is 24.7. The van der Waals surface area contributed by atoms with Gasteiger partial charge in [-0.25, -0.2) is 18.3 Å². The van der Waals surface area contributed by atoms with E-state index in [1.807, 2.05) is 24.3 Å². The van der Waals surface area contributed by atoms with Crippen molar-refractivity contribution >= 4 is 72.5 Å². The molecule has 2 aliphatic heterocycles. The Morgan fingerprint density at radius 2 is 1.77 bits per heavy atom. The number of Topliss-reactive ketones (excluding diaryl/α,β-unsaturated/α-hetero) is 1. The van der Waals surface area contributed by atoms with Crippen LogP contribution < -0.4 is 4.90 Å². The minimum atomic E-state index is -4.08. The lowest BCUT2D eigenvalue weighted by atomic mass is 9.92. The second kappa shape index (κ2) is 10.4. The number of benzene rings is 2. The van der Waals surface area contributed by atoms with Crippen LogP contribution in [0.5, 0.6) is 0 Å². The van der Waals surface area contributed by atoms with Crippen LogP contribution in [0.25, 0.3) is 0 Å². The average Bonchev–Trinajstić information content (AvgIpc) is 3.43. The molecule has 12 heteroatoms. The average molecular weight is 650 g/mol. The van der Waals surface area contributed by atoms with Gasteiger partial charge in [0.1, 0.15) is 5.54 Å². The molecule has 1 atom stereocenters. The molecule has 0 spiro atoms. The van der Waals surface area contributed by atoms with E-state index in [4.69, 9.17) is 29.6 Å². The molecule has 39 heavy (non-hydrogen) atoms. The van der Waals surface area contributed by atoms with Gasteiger partial charge >= 0.3 is 0 Å². The van der Waals surface area contributed by atoms with E-state index in [2.05, 4.69) is 26.8 Å². The lowest BCUT2D eigenvalue weighted by molar-refractivity contribution is -0.124. The maximum atomic E-state index is 14.2. The Morgan fingerprint density at radius 1 is 1.15 bits per heavy atom. The quantitative estimate of drug-likeness (QED) is 0.271. The number of hydrogen-bond donors (Lipinski definition) is 0. The molecule has 1 amide bonds. The summed E-state index contributed by atoms with van der Waals surface area (Å²) in [5.41, 5.74) is -0.132. The van der Waals surface area contributed by atoms with Crippen molar-refractivity contribution in [3.8, 4) is 12.3 Å². The summed E-state index contributed by atoms with van der Waals surface area (Å²) < 4.78 is 31.6. The lowest BCUT2D eigenvalue weighted by Gasteiger charge is -2.31. The first-order valence-electron chi connectivity index (χ1n) is 12.1. The highest BCUT2D eigenvalue weighted by Gasteiger charge is 2.52. The number of imidazole rings is 1. The highest BCUT2D eigenvalue weighted by atomic mass is 79.9. The van der Waals surface area contributed by atoms with Crippen molar-refractivity contribution in [2.24, 2.45) is 5.92 Å². The summed E-state index contributed by atoms with van der Waals surface area (Å²) >= 11 is 15.9. The Balaban J connectivity index is 1.61. The maximum absolute atomic E-state index is 14.2. The number of ketones is 1. The molecule has 0 saturated carbocycles. The van der Waals surface area contributed by atoms with Crippen LogP contribution in [0.3, 0.4) is 0 Å². The summed E-state index contributed by atoms with van der Waals surface area (Å²) in [5, 5.41) is 0.534. The SMILES string of the molecule is C#CC(=O)C1CCN(S(=O)(=O)c2cnc3n2[C@](C)(Cc2ccc(Br)cc2)C(=O)N3c2cc(Cl)cc(Cl)c2)CC1. The molecule has 0 aliphatic carbocycles. The Kier molecular flexibility index (Phi) is 7.42. The van der Waals surface area contributed by atoms with Crippen LogP contribution in [0, 0.1) is 18.3 Å². The number of aromatic nitrogens is 2. The van der Waals surface area contributed by atoms with Gasteiger partial charge in [0, 0.05) is 39.9 Å². The molecule has 0 bridgehead atoms. The monoisotopic (exact) mass is 648 g/mol. The van der Waals surface area contributed by atoms with Crippen molar-refractivity contribution in [3.63, 3.8) is 0 Å². The van der Waals surface area contributed by atoms with Crippen LogP contribution in [-0.2, 0) is 31.6 Å². The first kappa shape index (κ1) is 27.9. The van der Waals surface area contributed by atoms with Crippen molar-refractivity contribution in [1.82, 2.24) is 13.9 Å². The van der Waals surface area contributed by atoms with Crippen LogP contribution in [0.1, 0.15) is 25.3 Å². The molecule has 8 nitrogen and oxygen atoms in total. The fourth-order valence-corrected chi connectivity index (χ4v) is 7.66. The zero-order valence-electron chi connectivity index (χ0n) is 20.8. The van der Waals surface area contributed by atoms with Crippen LogP contribution >= 0.6 is 39.1 Å². The predicted octanol–water partition coefficient (Wildman–Crippen LogP) is 5.19. The summed E-state index contributed by atoms with van der Waals surface area (Å²) in [4.78, 5) is 31.9. The molecule has 3 aromatic rings. The van der Waals surface area contributed by atoms with Gasteiger partial charge in [0.05, 0.1) is 11.9 Å². The molecule has 0 N–H and O–H groups in total. The van der Waals surface area contributed by atoms with E-state index in [1.165, 1.54) is 20.0 Å². The van der Waals surface area contributed by atoms with Crippen molar-refractivity contribution in [1.29, 1.82) is 0 Å². The fourth-order valence-electron chi connectivity index (χ4n) is 5.22. The Labute approximate surface area is 245 Å². The summed E-state index contributed by atoms with van der Waals surface area (Å²) in [5.74, 6) is 1.22. The van der Waals surface area contributed by atoms with Gasteiger partial charge in [0.15, 0.2) is 5.03 Å². The minimum absolute atomic E-state index is 0.109. The van der Waals surface area contributed by atoms with E-state index in [9.17, 15) is 18.0 Å². The summed E-state index contributed by atoms with van der Waals surface area (Å²) in [6.45, 7) is 1.96. The normalized spacial score (nSPS) is 20.2. The second-order valence-electron chi connectivity index (χ2n) is 9.76. The third-order valence-electron chi connectivity index (χ3n) is 7.21. The molecule has 0 radical (unpaired) electrons. The maximum Gasteiger partial charge on any atom is 0.260 e. The van der Waals surface area contributed by atoms with Gasteiger partial charge in [-0.2, -0.15) is 4.31 Å². The number of carbonyl (C=O) groups is 2. The van der Waals surface area contributed by atoms with E-state index in [-0.39, 0.29) is 48.1 Å². The molecule has 1 aromatic heterocycles. The molecule has 2 aliphatic rings. The zero-order chi connectivity index (χ0) is 28.1. The Bertz CT molecular complexity index is 1610.